The van der Waals surface area contributed by atoms with Gasteiger partial charge in [-0.05, 0) is 103 Å². The third kappa shape index (κ3) is 12.2. The van der Waals surface area contributed by atoms with Crippen molar-refractivity contribution in [1.82, 2.24) is 26.6 Å². The van der Waals surface area contributed by atoms with Crippen LogP contribution in [0, 0.1) is 5.92 Å². The van der Waals surface area contributed by atoms with Crippen LogP contribution < -0.4 is 38.1 Å². The summed E-state index contributed by atoms with van der Waals surface area (Å²) in [5, 5.41) is 20.4. The lowest BCUT2D eigenvalue weighted by Gasteiger charge is -2.28. The van der Waals surface area contributed by atoms with Crippen LogP contribution in [0.4, 0.5) is 0 Å². The molecule has 5 aromatic carbocycles. The van der Waals surface area contributed by atoms with Crippen molar-refractivity contribution in [3.63, 3.8) is 0 Å². The first kappa shape index (κ1) is 42.0. The Morgan fingerprint density at radius 2 is 1.16 bits per heavy atom. The van der Waals surface area contributed by atoms with Crippen molar-refractivity contribution >= 4 is 45.2 Å². The van der Waals surface area contributed by atoms with Crippen molar-refractivity contribution in [3.05, 3.63) is 132 Å². The maximum Gasteiger partial charge on any atom is 0.243 e. The summed E-state index contributed by atoms with van der Waals surface area (Å²) in [7, 11) is 0. The molecule has 4 atom stereocenters. The first-order valence-corrected chi connectivity index (χ1v) is 20.6. The summed E-state index contributed by atoms with van der Waals surface area (Å²) in [6.45, 7) is 2.36. The number of fused-ring (bicyclic) bond motifs is 2. The first-order valence-electron chi connectivity index (χ1n) is 20.6. The summed E-state index contributed by atoms with van der Waals surface area (Å²) in [5.41, 5.74) is 14.2. The van der Waals surface area contributed by atoms with Crippen molar-refractivity contribution in [1.29, 1.82) is 0 Å². The standard InChI is InChI=1S/C47H57N7O4/c48-23-9-8-16-41(44(49)55)53-47(58)43(29-32-10-2-1-3-11-32)54-46(57)42(30-34-18-20-36-13-5-7-15-39(36)27-34)51-31-40(52-45(56)37-21-24-50-25-22-37)28-33-17-19-35-12-4-6-14-38(35)26-33/h1-7,10-15,17-20,26-27,37,40-43,50-51H,8-9,16,21-25,28-31,48H2,(H2,49,55)(H,52,56)(H,53,58)(H,54,57)/t40-,41+,42-,43+/m1/s1. The number of nitrogens with two attached hydrogens (primary N) is 2. The highest BCUT2D eigenvalue weighted by Crippen LogP contribution is 2.20. The molecular weight excluding hydrogens is 727 g/mol. The quantitative estimate of drug-likeness (QED) is 0.0582. The molecule has 0 unspecified atom stereocenters. The van der Waals surface area contributed by atoms with E-state index in [2.05, 4.69) is 63.0 Å². The summed E-state index contributed by atoms with van der Waals surface area (Å²) in [5.74, 6) is -1.60. The van der Waals surface area contributed by atoms with Crippen molar-refractivity contribution in [2.24, 2.45) is 17.4 Å². The fraction of sp³-hybridized carbons (Fsp3) is 0.362. The number of nitrogens with one attached hydrogen (secondary N) is 5. The summed E-state index contributed by atoms with van der Waals surface area (Å²) >= 11 is 0. The average molecular weight is 784 g/mol. The first-order chi connectivity index (χ1) is 28.2. The van der Waals surface area contributed by atoms with E-state index in [4.69, 9.17) is 11.5 Å². The van der Waals surface area contributed by atoms with E-state index in [1.54, 1.807) is 0 Å². The molecule has 0 saturated carbocycles. The van der Waals surface area contributed by atoms with E-state index in [0.29, 0.717) is 45.2 Å². The van der Waals surface area contributed by atoms with Crippen LogP contribution in [0.25, 0.3) is 21.5 Å². The zero-order chi connectivity index (χ0) is 40.7. The molecule has 9 N–H and O–H groups in total. The Kier molecular flexibility index (Phi) is 15.4. The van der Waals surface area contributed by atoms with Crippen LogP contribution in [0.15, 0.2) is 115 Å². The van der Waals surface area contributed by atoms with Gasteiger partial charge in [-0.25, -0.2) is 0 Å². The summed E-state index contributed by atoms with van der Waals surface area (Å²) in [4.78, 5) is 54.6. The number of piperidine rings is 1. The van der Waals surface area contributed by atoms with Gasteiger partial charge in [0.1, 0.15) is 12.1 Å². The second kappa shape index (κ2) is 21.2. The molecule has 5 aromatic rings. The van der Waals surface area contributed by atoms with Crippen molar-refractivity contribution < 1.29 is 19.2 Å². The Balaban J connectivity index is 1.26. The van der Waals surface area contributed by atoms with Crippen LogP contribution in [0.1, 0.15) is 48.8 Å². The predicted molar refractivity (Wildman–Crippen MR) is 231 cm³/mol. The van der Waals surface area contributed by atoms with Crippen LogP contribution >= 0.6 is 0 Å². The highest BCUT2D eigenvalue weighted by molar-refractivity contribution is 5.93. The monoisotopic (exact) mass is 783 g/mol. The second-order valence-electron chi connectivity index (χ2n) is 15.5. The Bertz CT molecular complexity index is 2140. The van der Waals surface area contributed by atoms with Crippen LogP contribution in [-0.2, 0) is 38.4 Å². The highest BCUT2D eigenvalue weighted by atomic mass is 16.2. The molecule has 0 bridgehead atoms. The molecule has 0 spiro atoms. The van der Waals surface area contributed by atoms with Gasteiger partial charge in [-0.1, -0.05) is 115 Å². The van der Waals surface area contributed by atoms with E-state index in [0.717, 1.165) is 64.2 Å². The number of unbranched alkanes of at least 4 members (excludes halogenated alkanes) is 1. The number of carbonyl (C=O) groups is 4. The van der Waals surface area contributed by atoms with E-state index < -0.39 is 29.9 Å². The fourth-order valence-corrected chi connectivity index (χ4v) is 7.75. The minimum absolute atomic E-state index is 0.0136. The lowest BCUT2D eigenvalue weighted by molar-refractivity contribution is -0.132. The molecule has 4 amide bonds. The average Bonchev–Trinajstić information content (AvgIpc) is 3.24. The summed E-state index contributed by atoms with van der Waals surface area (Å²) in [6, 6.07) is 35.2. The smallest absolute Gasteiger partial charge is 0.243 e. The number of amides is 4. The van der Waals surface area contributed by atoms with Crippen LogP contribution in [0.5, 0.6) is 0 Å². The maximum absolute atomic E-state index is 14.6. The molecule has 6 rings (SSSR count). The zero-order valence-corrected chi connectivity index (χ0v) is 33.1. The van der Waals surface area contributed by atoms with Crippen LogP contribution in [0.3, 0.4) is 0 Å². The largest absolute Gasteiger partial charge is 0.368 e. The Labute approximate surface area is 341 Å². The van der Waals surface area contributed by atoms with Gasteiger partial charge in [0.15, 0.2) is 0 Å². The Morgan fingerprint density at radius 1 is 0.603 bits per heavy atom. The maximum atomic E-state index is 14.6. The molecule has 304 valence electrons. The molecular formula is C47H57N7O4. The zero-order valence-electron chi connectivity index (χ0n) is 33.1. The van der Waals surface area contributed by atoms with Crippen molar-refractivity contribution in [3.8, 4) is 0 Å². The number of hydrogen-bond donors (Lipinski definition) is 7. The predicted octanol–water partition coefficient (Wildman–Crippen LogP) is 4.05. The molecule has 1 fully saturated rings. The third-order valence-electron chi connectivity index (χ3n) is 11.1. The summed E-state index contributed by atoms with van der Waals surface area (Å²) in [6.07, 6.45) is 4.26. The molecule has 11 nitrogen and oxygen atoms in total. The molecule has 1 aliphatic rings. The minimum atomic E-state index is -1.000. The Morgan fingerprint density at radius 3 is 1.78 bits per heavy atom. The van der Waals surface area contributed by atoms with Gasteiger partial charge in [0.05, 0.1) is 6.04 Å². The third-order valence-corrected chi connectivity index (χ3v) is 11.1. The van der Waals surface area contributed by atoms with Crippen LogP contribution in [0.2, 0.25) is 0 Å². The summed E-state index contributed by atoms with van der Waals surface area (Å²) < 4.78 is 0. The van der Waals surface area contributed by atoms with Crippen molar-refractivity contribution in [2.75, 3.05) is 26.2 Å². The second-order valence-corrected chi connectivity index (χ2v) is 15.5. The molecule has 0 aromatic heterocycles. The lowest BCUT2D eigenvalue weighted by atomic mass is 9.95. The van der Waals surface area contributed by atoms with E-state index in [1.807, 2.05) is 78.9 Å². The van der Waals surface area contributed by atoms with Gasteiger partial charge < -0.3 is 38.1 Å². The number of rotatable bonds is 20. The van der Waals surface area contributed by atoms with Gasteiger partial charge in [0.25, 0.3) is 0 Å². The molecule has 0 aliphatic carbocycles. The molecule has 1 aliphatic heterocycles. The molecule has 0 radical (unpaired) electrons. The fourth-order valence-electron chi connectivity index (χ4n) is 7.75. The highest BCUT2D eigenvalue weighted by Gasteiger charge is 2.30. The SMILES string of the molecule is NCCCC[C@H](NC(=O)[C@H](Cc1ccccc1)NC(=O)[C@@H](Cc1ccc2ccccc2c1)NC[C@@H](Cc1ccc2ccccc2c1)NC(=O)C1CCNCC1)C(N)=O. The van der Waals surface area contributed by atoms with Crippen LogP contribution in [-0.4, -0.2) is 74.0 Å². The lowest BCUT2D eigenvalue weighted by Crippen LogP contribution is -2.58. The topological polar surface area (TPSA) is 180 Å². The molecule has 58 heavy (non-hydrogen) atoms. The van der Waals surface area contributed by atoms with Gasteiger partial charge in [-0.3, -0.25) is 19.2 Å². The van der Waals surface area contributed by atoms with E-state index in [-0.39, 0.29) is 30.2 Å². The number of hydrogen-bond acceptors (Lipinski definition) is 7. The van der Waals surface area contributed by atoms with Crippen molar-refractivity contribution in [2.45, 2.75) is 75.5 Å². The van der Waals surface area contributed by atoms with E-state index in [9.17, 15) is 19.2 Å². The number of benzene rings is 5. The van der Waals surface area contributed by atoms with E-state index >= 15 is 0 Å². The van der Waals surface area contributed by atoms with Gasteiger partial charge in [-0.2, -0.15) is 0 Å². The van der Waals surface area contributed by atoms with Gasteiger partial charge in [-0.15, -0.1) is 0 Å². The van der Waals surface area contributed by atoms with Gasteiger partial charge >= 0.3 is 0 Å². The van der Waals surface area contributed by atoms with Gasteiger partial charge in [0.2, 0.25) is 23.6 Å². The molecule has 1 saturated heterocycles. The molecule has 11 heteroatoms. The molecule has 1 heterocycles. The normalized spacial score (nSPS) is 15.3. The number of primary amides is 1. The van der Waals surface area contributed by atoms with Gasteiger partial charge in [0, 0.05) is 24.9 Å². The minimum Gasteiger partial charge on any atom is -0.368 e. The van der Waals surface area contributed by atoms with E-state index in [1.165, 1.54) is 0 Å². The number of carbonyl (C=O) groups excluding carboxylic acids is 4. The Hall–Kier alpha value is -5.62.